The summed E-state index contributed by atoms with van der Waals surface area (Å²) in [4.78, 5) is 40.1. The number of rotatable bonds is 7. The number of ether oxygens (including phenoxy) is 1. The maximum atomic E-state index is 14.7. The number of hydrogen-bond donors (Lipinski definition) is 3. The number of carbonyl (C=O) groups is 2. The van der Waals surface area contributed by atoms with Gasteiger partial charge in [0.25, 0.3) is 5.91 Å². The Bertz CT molecular complexity index is 1990. The Morgan fingerprint density at radius 2 is 1.98 bits per heavy atom. The van der Waals surface area contributed by atoms with Crippen molar-refractivity contribution >= 4 is 40.6 Å². The number of benzene rings is 2. The predicted octanol–water partition coefficient (Wildman–Crippen LogP) is 6.34. The first kappa shape index (κ1) is 32.7. The molecule has 0 saturated heterocycles. The van der Waals surface area contributed by atoms with Crippen LogP contribution in [0.15, 0.2) is 67.1 Å². The van der Waals surface area contributed by atoms with Crippen LogP contribution in [-0.2, 0) is 16.1 Å². The fourth-order valence-corrected chi connectivity index (χ4v) is 5.75. The van der Waals surface area contributed by atoms with Gasteiger partial charge in [-0.15, -0.1) is 5.10 Å². The van der Waals surface area contributed by atoms with E-state index in [1.165, 1.54) is 23.1 Å². The van der Waals surface area contributed by atoms with Gasteiger partial charge in [0.05, 0.1) is 40.4 Å². The van der Waals surface area contributed by atoms with Crippen LogP contribution in [0.4, 0.5) is 21.6 Å². The monoisotopic (exact) mass is 669 g/mol. The molecule has 0 saturated carbocycles. The second-order valence-electron chi connectivity index (χ2n) is 11.5. The van der Waals surface area contributed by atoms with Gasteiger partial charge in [-0.1, -0.05) is 42.3 Å². The van der Waals surface area contributed by atoms with Gasteiger partial charge in [0.2, 0.25) is 5.91 Å². The molecule has 0 unspecified atom stereocenters. The third-order valence-electron chi connectivity index (χ3n) is 8.17. The van der Waals surface area contributed by atoms with Crippen molar-refractivity contribution in [3.8, 4) is 16.8 Å². The fourth-order valence-electron chi connectivity index (χ4n) is 5.58. The summed E-state index contributed by atoms with van der Waals surface area (Å²) in [7, 11) is 1.60. The zero-order valence-corrected chi connectivity index (χ0v) is 27.3. The molecule has 2 amide bonds. The lowest BCUT2D eigenvalue weighted by atomic mass is 9.95. The van der Waals surface area contributed by atoms with Gasteiger partial charge < -0.3 is 20.7 Å². The minimum atomic E-state index is -0.661. The van der Waals surface area contributed by atoms with E-state index in [-0.39, 0.29) is 28.2 Å². The van der Waals surface area contributed by atoms with Crippen LogP contribution in [0.25, 0.3) is 16.8 Å². The first-order valence-electron chi connectivity index (χ1n) is 15.4. The molecule has 1 aliphatic heterocycles. The van der Waals surface area contributed by atoms with Crippen LogP contribution in [0.5, 0.6) is 0 Å². The van der Waals surface area contributed by atoms with Crippen molar-refractivity contribution in [1.29, 1.82) is 0 Å². The Labute approximate surface area is 281 Å². The number of fused-ring (bicyclic) bond motifs is 4. The number of carbonyl (C=O) groups excluding carboxylic acids is 2. The molecule has 2 atom stereocenters. The highest BCUT2D eigenvalue weighted by Gasteiger charge is 2.25. The van der Waals surface area contributed by atoms with E-state index < -0.39 is 17.8 Å². The van der Waals surface area contributed by atoms with Gasteiger partial charge in [-0.3, -0.25) is 14.6 Å². The van der Waals surface area contributed by atoms with Crippen LogP contribution in [0, 0.1) is 18.7 Å². The van der Waals surface area contributed by atoms with Crippen molar-refractivity contribution < 1.29 is 18.7 Å². The summed E-state index contributed by atoms with van der Waals surface area (Å²) in [5.41, 5.74) is 4.77. The van der Waals surface area contributed by atoms with Gasteiger partial charge in [0, 0.05) is 36.5 Å². The van der Waals surface area contributed by atoms with E-state index in [4.69, 9.17) is 16.3 Å². The van der Waals surface area contributed by atoms with Crippen LogP contribution in [0.3, 0.4) is 0 Å². The molecule has 0 spiro atoms. The van der Waals surface area contributed by atoms with Crippen LogP contribution in [-0.4, -0.2) is 48.9 Å². The van der Waals surface area contributed by atoms with Gasteiger partial charge in [-0.25, -0.2) is 19.0 Å². The van der Waals surface area contributed by atoms with Gasteiger partial charge in [-0.05, 0) is 61.7 Å². The molecular formula is C34H33ClFN9O3. The van der Waals surface area contributed by atoms with Crippen molar-refractivity contribution in [2.24, 2.45) is 5.92 Å². The summed E-state index contributed by atoms with van der Waals surface area (Å²) in [5, 5.41) is 17.5. The molecule has 2 bridgehead atoms. The first-order chi connectivity index (χ1) is 23.2. The molecule has 6 rings (SSSR count). The van der Waals surface area contributed by atoms with Crippen molar-refractivity contribution in [3.05, 3.63) is 101 Å². The molecule has 0 radical (unpaired) electrons. The summed E-state index contributed by atoms with van der Waals surface area (Å²) < 4.78 is 21.2. The van der Waals surface area contributed by atoms with E-state index in [9.17, 15) is 14.0 Å². The Morgan fingerprint density at radius 3 is 2.81 bits per heavy atom. The van der Waals surface area contributed by atoms with E-state index in [0.717, 1.165) is 22.5 Å². The average molecular weight is 670 g/mol. The highest BCUT2D eigenvalue weighted by Crippen LogP contribution is 2.34. The van der Waals surface area contributed by atoms with E-state index in [1.807, 2.05) is 37.3 Å². The number of methoxy groups -OCH3 is 1. The lowest BCUT2D eigenvalue weighted by molar-refractivity contribution is -0.119. The summed E-state index contributed by atoms with van der Waals surface area (Å²) in [6.45, 7) is 3.87. The Morgan fingerprint density at radius 1 is 1.12 bits per heavy atom. The lowest BCUT2D eigenvalue weighted by Crippen LogP contribution is -2.30. The number of hydrogen-bond acceptors (Lipinski definition) is 9. The van der Waals surface area contributed by atoms with E-state index in [1.54, 1.807) is 32.4 Å². The molecule has 0 aliphatic carbocycles. The summed E-state index contributed by atoms with van der Waals surface area (Å²) in [6, 6.07) is 15.3. The molecule has 48 heavy (non-hydrogen) atoms. The molecule has 1 aliphatic rings. The minimum Gasteiger partial charge on any atom is -0.378 e. The van der Waals surface area contributed by atoms with Crippen LogP contribution < -0.4 is 16.0 Å². The third kappa shape index (κ3) is 7.02. The lowest BCUT2D eigenvalue weighted by Gasteiger charge is -2.22. The van der Waals surface area contributed by atoms with Crippen molar-refractivity contribution in [2.45, 2.75) is 45.8 Å². The van der Waals surface area contributed by atoms with E-state index in [2.05, 4.69) is 41.2 Å². The Kier molecular flexibility index (Phi) is 9.69. The summed E-state index contributed by atoms with van der Waals surface area (Å²) in [6.07, 6.45) is 4.88. The molecule has 3 aromatic heterocycles. The number of amides is 2. The number of pyridine rings is 1. The van der Waals surface area contributed by atoms with Crippen molar-refractivity contribution in [3.63, 3.8) is 0 Å². The van der Waals surface area contributed by atoms with Crippen LogP contribution >= 0.6 is 11.6 Å². The zero-order valence-electron chi connectivity index (χ0n) is 26.5. The average Bonchev–Trinajstić information content (AvgIpc) is 3.46. The van der Waals surface area contributed by atoms with Crippen LogP contribution in [0.1, 0.15) is 59.8 Å². The molecular weight excluding hydrogens is 637 g/mol. The predicted molar refractivity (Wildman–Crippen MR) is 179 cm³/mol. The van der Waals surface area contributed by atoms with Gasteiger partial charge in [-0.2, -0.15) is 0 Å². The molecule has 5 aromatic rings. The maximum Gasteiger partial charge on any atom is 0.274 e. The molecule has 2 aromatic carbocycles. The number of halogens is 2. The molecule has 4 heterocycles. The zero-order chi connectivity index (χ0) is 33.8. The van der Waals surface area contributed by atoms with Crippen molar-refractivity contribution in [1.82, 2.24) is 35.3 Å². The molecule has 14 heteroatoms. The molecule has 246 valence electrons. The highest BCUT2D eigenvalue weighted by atomic mass is 35.5. The summed E-state index contributed by atoms with van der Waals surface area (Å²) in [5.74, 6) is -0.974. The molecule has 12 nitrogen and oxygen atoms in total. The molecule has 3 N–H and O–H groups in total. The van der Waals surface area contributed by atoms with Gasteiger partial charge in [0.15, 0.2) is 11.5 Å². The SMILES string of the molecule is COCc1cc(Nc2ccc3c(c2)NC(=O)[C@H](C)CCC[C@H](NC(=O)c2nnn(-c4cccc(Cl)c4F)c2C)c2cc-3ccn2)ncn1. The largest absolute Gasteiger partial charge is 0.378 e. The smallest absolute Gasteiger partial charge is 0.274 e. The number of aromatic nitrogens is 6. The Hall–Kier alpha value is -5.27. The fraction of sp³-hybridized carbons (Fsp3) is 0.265. The summed E-state index contributed by atoms with van der Waals surface area (Å²) >= 11 is 5.97. The van der Waals surface area contributed by atoms with E-state index in [0.29, 0.717) is 48.8 Å². The topological polar surface area (TPSA) is 149 Å². The second-order valence-corrected chi connectivity index (χ2v) is 11.9. The number of nitrogens with one attached hydrogen (secondary N) is 3. The van der Waals surface area contributed by atoms with Crippen LogP contribution in [0.2, 0.25) is 5.02 Å². The standard InChI is InChI=1S/C34H33ClFN9O3/c1-19-6-4-8-26(41-34(47)32-20(2)45(44-43-32)29-9-5-7-25(35)31(29)36)28-14-21(12-13-37-28)24-11-10-22(15-27(24)42-33(19)46)40-30-16-23(17-48-3)38-18-39-30/h5,7,9-16,18-19,26H,4,6,8,17H2,1-3H3,(H,41,47)(H,42,46)(H,38,39,40)/t19-,26+/m1/s1. The number of anilines is 3. The van der Waals surface area contributed by atoms with Gasteiger partial charge >= 0.3 is 0 Å². The second kappa shape index (κ2) is 14.2. The van der Waals surface area contributed by atoms with Crippen molar-refractivity contribution in [2.75, 3.05) is 17.7 Å². The van der Waals surface area contributed by atoms with Gasteiger partial charge in [0.1, 0.15) is 17.8 Å². The number of nitrogens with zero attached hydrogens (tertiary/aromatic N) is 6. The molecule has 0 fully saturated rings. The minimum absolute atomic E-state index is 0.0489. The normalized spacial score (nSPS) is 16.2. The maximum absolute atomic E-state index is 14.7. The quantitative estimate of drug-likeness (QED) is 0.180. The highest BCUT2D eigenvalue weighted by molar-refractivity contribution is 6.30. The first-order valence-corrected chi connectivity index (χ1v) is 15.7. The van der Waals surface area contributed by atoms with E-state index >= 15 is 0 Å². The third-order valence-corrected chi connectivity index (χ3v) is 8.46. The Balaban J connectivity index is 1.30.